The first-order chi connectivity index (χ1) is 14.3. The molecule has 8 heteroatoms. The van der Waals surface area contributed by atoms with Gasteiger partial charge in [-0.3, -0.25) is 14.8 Å². The van der Waals surface area contributed by atoms with Gasteiger partial charge in [0.1, 0.15) is 4.90 Å². The number of hydrogen-bond acceptors (Lipinski definition) is 5. The number of amides is 1. The summed E-state index contributed by atoms with van der Waals surface area (Å²) in [6, 6.07) is 7.09. The van der Waals surface area contributed by atoms with Crippen molar-refractivity contribution in [3.8, 4) is 11.1 Å². The lowest BCUT2D eigenvalue weighted by atomic mass is 10.0. The van der Waals surface area contributed by atoms with Crippen LogP contribution in [0, 0.1) is 0 Å². The first-order valence-corrected chi connectivity index (χ1v) is 11.5. The van der Waals surface area contributed by atoms with Crippen LogP contribution in [0.3, 0.4) is 0 Å². The van der Waals surface area contributed by atoms with Gasteiger partial charge in [-0.25, -0.2) is 13.6 Å². The lowest BCUT2D eigenvalue weighted by Gasteiger charge is -2.22. The summed E-state index contributed by atoms with van der Waals surface area (Å²) in [5.74, 6) is 0.0483. The van der Waals surface area contributed by atoms with Crippen LogP contribution in [0.15, 0.2) is 52.1 Å². The van der Waals surface area contributed by atoms with Crippen LogP contribution in [-0.4, -0.2) is 43.5 Å². The van der Waals surface area contributed by atoms with Crippen molar-refractivity contribution in [3.05, 3.63) is 47.8 Å². The number of carbonyl (C=O) groups excluding carboxylic acids is 1. The van der Waals surface area contributed by atoms with Gasteiger partial charge in [-0.1, -0.05) is 26.0 Å². The number of aromatic nitrogens is 1. The van der Waals surface area contributed by atoms with Crippen LogP contribution in [0.1, 0.15) is 38.7 Å². The minimum absolute atomic E-state index is 0.0434. The molecular formula is C22H26N4O3S. The summed E-state index contributed by atoms with van der Waals surface area (Å²) in [5, 5.41) is 5.21. The minimum atomic E-state index is -3.83. The average Bonchev–Trinajstić information content (AvgIpc) is 2.94. The van der Waals surface area contributed by atoms with Crippen molar-refractivity contribution < 1.29 is 13.2 Å². The molecule has 1 aliphatic heterocycles. The lowest BCUT2D eigenvalue weighted by molar-refractivity contribution is -0.127. The van der Waals surface area contributed by atoms with Crippen LogP contribution in [0.5, 0.6) is 0 Å². The normalized spacial score (nSPS) is 13.4. The number of sulfonamides is 1. The molecule has 0 atom stereocenters. The van der Waals surface area contributed by atoms with Crippen molar-refractivity contribution in [1.29, 1.82) is 0 Å². The van der Waals surface area contributed by atoms with Crippen molar-refractivity contribution in [3.63, 3.8) is 0 Å². The quantitative estimate of drug-likeness (QED) is 0.731. The second-order valence-corrected chi connectivity index (χ2v) is 8.77. The van der Waals surface area contributed by atoms with Crippen molar-refractivity contribution >= 4 is 33.9 Å². The van der Waals surface area contributed by atoms with Crippen LogP contribution in [0.2, 0.25) is 0 Å². The molecule has 0 saturated heterocycles. The van der Waals surface area contributed by atoms with Gasteiger partial charge in [0.2, 0.25) is 15.9 Å². The molecule has 0 radical (unpaired) electrons. The Morgan fingerprint density at radius 1 is 1.10 bits per heavy atom. The number of nitrogens with zero attached hydrogens (tertiary/aromatic N) is 3. The molecule has 0 unspecified atom stereocenters. The van der Waals surface area contributed by atoms with Gasteiger partial charge < -0.3 is 4.90 Å². The first kappa shape index (κ1) is 21.9. The lowest BCUT2D eigenvalue weighted by Crippen LogP contribution is -2.33. The Balaban J connectivity index is 1.95. The Bertz CT molecular complexity index is 1100. The van der Waals surface area contributed by atoms with Gasteiger partial charge in [-0.05, 0) is 36.6 Å². The van der Waals surface area contributed by atoms with E-state index in [1.807, 2.05) is 29.2 Å². The molecule has 0 spiro atoms. The van der Waals surface area contributed by atoms with E-state index < -0.39 is 10.0 Å². The molecule has 1 amide bonds. The Hall–Kier alpha value is -2.84. The zero-order valence-corrected chi connectivity index (χ0v) is 18.0. The van der Waals surface area contributed by atoms with E-state index >= 15 is 0 Å². The van der Waals surface area contributed by atoms with Crippen molar-refractivity contribution in [2.45, 2.75) is 38.0 Å². The minimum Gasteiger partial charge on any atom is -0.339 e. The number of carbonyl (C=O) groups is 1. The molecule has 3 rings (SSSR count). The van der Waals surface area contributed by atoms with E-state index in [9.17, 15) is 13.2 Å². The number of aliphatic imine (C=N–C) groups is 1. The standard InChI is InChI=1S/C22H26N4O3S/c1-3-9-26(10-4-2)22(27)18-7-8-25-21-13-16(5-6-17(21)11-18)19-12-20(15-24-14-19)30(23,28)29/h5-6,8,11-15H,3-4,7,9-10H2,1-2H3,(H2,23,28,29). The van der Waals surface area contributed by atoms with Crippen molar-refractivity contribution in [2.24, 2.45) is 10.1 Å². The summed E-state index contributed by atoms with van der Waals surface area (Å²) in [6.45, 7) is 5.60. The molecule has 158 valence electrons. The molecule has 0 fully saturated rings. The SMILES string of the molecule is CCCN(CCC)C(=O)C1=Cc2ccc(-c3cncc(S(N)(=O)=O)c3)cc2N=CC1. The van der Waals surface area contributed by atoms with E-state index in [0.29, 0.717) is 23.2 Å². The molecule has 1 aromatic carbocycles. The summed E-state index contributed by atoms with van der Waals surface area (Å²) in [5.41, 5.74) is 3.67. The fourth-order valence-corrected chi connectivity index (χ4v) is 3.88. The summed E-state index contributed by atoms with van der Waals surface area (Å²) in [7, 11) is -3.83. The fourth-order valence-electron chi connectivity index (χ4n) is 3.39. The molecule has 2 heterocycles. The molecule has 1 aromatic heterocycles. The fraction of sp³-hybridized carbons (Fsp3) is 0.318. The number of rotatable bonds is 7. The smallest absolute Gasteiger partial charge is 0.250 e. The van der Waals surface area contributed by atoms with E-state index in [0.717, 1.165) is 37.1 Å². The number of fused-ring (bicyclic) bond motifs is 1. The number of pyridine rings is 1. The highest BCUT2D eigenvalue weighted by Gasteiger charge is 2.19. The molecular weight excluding hydrogens is 400 g/mol. The molecule has 30 heavy (non-hydrogen) atoms. The maximum atomic E-state index is 13.0. The second-order valence-electron chi connectivity index (χ2n) is 7.21. The van der Waals surface area contributed by atoms with Crippen LogP contribution in [-0.2, 0) is 14.8 Å². The largest absolute Gasteiger partial charge is 0.339 e. The predicted molar refractivity (Wildman–Crippen MR) is 119 cm³/mol. The number of benzene rings is 1. The summed E-state index contributed by atoms with van der Waals surface area (Å²) >= 11 is 0. The van der Waals surface area contributed by atoms with E-state index in [-0.39, 0.29) is 10.8 Å². The van der Waals surface area contributed by atoms with Gasteiger partial charge in [-0.2, -0.15) is 0 Å². The molecule has 0 aliphatic carbocycles. The van der Waals surface area contributed by atoms with Gasteiger partial charge in [0.25, 0.3) is 0 Å². The zero-order chi connectivity index (χ0) is 21.7. The highest BCUT2D eigenvalue weighted by molar-refractivity contribution is 7.89. The van der Waals surface area contributed by atoms with Crippen LogP contribution >= 0.6 is 0 Å². The van der Waals surface area contributed by atoms with Crippen molar-refractivity contribution in [1.82, 2.24) is 9.88 Å². The third kappa shape index (κ3) is 5.01. The van der Waals surface area contributed by atoms with Crippen LogP contribution in [0.25, 0.3) is 17.2 Å². The summed E-state index contributed by atoms with van der Waals surface area (Å²) in [6.07, 6.45) is 8.74. The summed E-state index contributed by atoms with van der Waals surface area (Å²) < 4.78 is 23.2. The summed E-state index contributed by atoms with van der Waals surface area (Å²) in [4.78, 5) is 23.3. The average molecular weight is 427 g/mol. The third-order valence-corrected chi connectivity index (χ3v) is 5.71. The third-order valence-electron chi connectivity index (χ3n) is 4.83. The Morgan fingerprint density at radius 2 is 1.83 bits per heavy atom. The Labute approximate surface area is 177 Å². The number of primary sulfonamides is 1. The maximum Gasteiger partial charge on any atom is 0.250 e. The molecule has 2 N–H and O–H groups in total. The van der Waals surface area contributed by atoms with Gasteiger partial charge in [0, 0.05) is 54.8 Å². The topological polar surface area (TPSA) is 106 Å². The van der Waals surface area contributed by atoms with E-state index in [4.69, 9.17) is 5.14 Å². The molecule has 1 aliphatic rings. The van der Waals surface area contributed by atoms with Gasteiger partial charge in [0.05, 0.1) is 5.69 Å². The van der Waals surface area contributed by atoms with E-state index in [1.54, 1.807) is 12.4 Å². The molecule has 0 saturated carbocycles. The highest BCUT2D eigenvalue weighted by Crippen LogP contribution is 2.31. The zero-order valence-electron chi connectivity index (χ0n) is 17.2. The number of nitrogens with two attached hydrogens (primary N) is 1. The molecule has 2 aromatic rings. The van der Waals surface area contributed by atoms with Crippen LogP contribution in [0.4, 0.5) is 5.69 Å². The molecule has 0 bridgehead atoms. The monoisotopic (exact) mass is 426 g/mol. The van der Waals surface area contributed by atoms with Gasteiger partial charge in [-0.15, -0.1) is 0 Å². The second kappa shape index (κ2) is 9.32. The van der Waals surface area contributed by atoms with E-state index in [2.05, 4.69) is 23.8 Å². The number of hydrogen-bond donors (Lipinski definition) is 1. The maximum absolute atomic E-state index is 13.0. The first-order valence-electron chi connectivity index (χ1n) is 9.98. The van der Waals surface area contributed by atoms with E-state index in [1.165, 1.54) is 12.3 Å². The Morgan fingerprint density at radius 3 is 2.50 bits per heavy atom. The van der Waals surface area contributed by atoms with Gasteiger partial charge in [0.15, 0.2) is 0 Å². The predicted octanol–water partition coefficient (Wildman–Crippen LogP) is 3.53. The van der Waals surface area contributed by atoms with Crippen molar-refractivity contribution in [2.75, 3.05) is 13.1 Å². The molecule has 7 nitrogen and oxygen atoms in total. The highest BCUT2D eigenvalue weighted by atomic mass is 32.2. The Kier molecular flexibility index (Phi) is 6.79. The van der Waals surface area contributed by atoms with Gasteiger partial charge >= 0.3 is 0 Å². The van der Waals surface area contributed by atoms with Crippen LogP contribution < -0.4 is 5.14 Å².